The highest BCUT2D eigenvalue weighted by Gasteiger charge is 2.25. The van der Waals surface area contributed by atoms with E-state index in [-0.39, 0.29) is 24.5 Å². The van der Waals surface area contributed by atoms with Crippen molar-refractivity contribution in [1.82, 2.24) is 19.3 Å². The Bertz CT molecular complexity index is 549. The predicted octanol–water partition coefficient (Wildman–Crippen LogP) is 2.40. The van der Waals surface area contributed by atoms with Crippen LogP contribution in [0.25, 0.3) is 0 Å². The van der Waals surface area contributed by atoms with Crippen molar-refractivity contribution in [2.75, 3.05) is 27.2 Å². The molecule has 0 atom stereocenters. The Kier molecular flexibility index (Phi) is 7.32. The van der Waals surface area contributed by atoms with Crippen molar-refractivity contribution < 1.29 is 9.59 Å². The van der Waals surface area contributed by atoms with Gasteiger partial charge in [0, 0.05) is 45.6 Å². The molecule has 24 heavy (non-hydrogen) atoms. The molecule has 0 aliphatic heterocycles. The summed E-state index contributed by atoms with van der Waals surface area (Å²) >= 11 is 0. The number of carbonyl (C=O) groups excluding carboxylic acids is 2. The second kappa shape index (κ2) is 8.76. The average molecular weight is 336 g/mol. The molecule has 6 heteroatoms. The Labute approximate surface area is 146 Å². The highest BCUT2D eigenvalue weighted by Crippen LogP contribution is 2.11. The lowest BCUT2D eigenvalue weighted by Gasteiger charge is -2.32. The van der Waals surface area contributed by atoms with Crippen LogP contribution in [0.5, 0.6) is 0 Å². The zero-order valence-corrected chi connectivity index (χ0v) is 16.1. The number of rotatable bonds is 7. The van der Waals surface area contributed by atoms with Crippen molar-refractivity contribution >= 4 is 11.9 Å². The van der Waals surface area contributed by atoms with Crippen LogP contribution in [0.15, 0.2) is 18.3 Å². The van der Waals surface area contributed by atoms with E-state index in [1.165, 1.54) is 4.90 Å². The molecule has 1 aromatic heterocycles. The first-order chi connectivity index (χ1) is 11.1. The number of urea groups is 1. The smallest absolute Gasteiger partial charge is 0.320 e. The normalized spacial score (nSPS) is 11.0. The third-order valence-electron chi connectivity index (χ3n) is 3.90. The number of hydrogen-bond donors (Lipinski definition) is 0. The van der Waals surface area contributed by atoms with Gasteiger partial charge < -0.3 is 19.3 Å². The van der Waals surface area contributed by atoms with Crippen LogP contribution in [0.3, 0.4) is 0 Å². The van der Waals surface area contributed by atoms with Gasteiger partial charge in [0.05, 0.1) is 6.54 Å². The van der Waals surface area contributed by atoms with Gasteiger partial charge in [0.1, 0.15) is 6.54 Å². The Morgan fingerprint density at radius 1 is 1.17 bits per heavy atom. The molecule has 0 radical (unpaired) electrons. The minimum absolute atomic E-state index is 0.0196. The van der Waals surface area contributed by atoms with Gasteiger partial charge in [0.25, 0.3) is 0 Å². The van der Waals surface area contributed by atoms with E-state index >= 15 is 0 Å². The Morgan fingerprint density at radius 3 is 2.21 bits per heavy atom. The first kappa shape index (κ1) is 20.1. The first-order valence-electron chi connectivity index (χ1n) is 8.49. The fourth-order valence-corrected chi connectivity index (χ4v) is 2.53. The zero-order chi connectivity index (χ0) is 18.4. The number of amides is 3. The maximum atomic E-state index is 12.9. The van der Waals surface area contributed by atoms with Gasteiger partial charge in [-0.3, -0.25) is 4.79 Å². The molecule has 0 spiro atoms. The Morgan fingerprint density at radius 2 is 1.79 bits per heavy atom. The molecule has 136 valence electrons. The summed E-state index contributed by atoms with van der Waals surface area (Å²) in [7, 11) is 5.39. The van der Waals surface area contributed by atoms with Crippen LogP contribution >= 0.6 is 0 Å². The summed E-state index contributed by atoms with van der Waals surface area (Å²) in [5.41, 5.74) is 1.08. The van der Waals surface area contributed by atoms with E-state index in [0.717, 1.165) is 5.69 Å². The van der Waals surface area contributed by atoms with Crippen LogP contribution in [0.4, 0.5) is 4.79 Å². The molecule has 0 unspecified atom stereocenters. The van der Waals surface area contributed by atoms with Crippen molar-refractivity contribution in [2.45, 2.75) is 40.3 Å². The minimum Gasteiger partial charge on any atom is -0.353 e. The number of carbonyl (C=O) groups is 2. The van der Waals surface area contributed by atoms with E-state index in [1.54, 1.807) is 19.0 Å². The predicted molar refractivity (Wildman–Crippen MR) is 96.6 cm³/mol. The van der Waals surface area contributed by atoms with Crippen LogP contribution in [0.2, 0.25) is 0 Å². The first-order valence-corrected chi connectivity index (χ1v) is 8.49. The summed E-state index contributed by atoms with van der Waals surface area (Å²) in [6.45, 7) is 9.38. The van der Waals surface area contributed by atoms with Crippen molar-refractivity contribution in [3.05, 3.63) is 24.0 Å². The van der Waals surface area contributed by atoms with Crippen LogP contribution < -0.4 is 0 Å². The molecule has 0 fully saturated rings. The fraction of sp³-hybridized carbons (Fsp3) is 0.667. The second-order valence-electron chi connectivity index (χ2n) is 7.18. The Balaban J connectivity index is 2.90. The van der Waals surface area contributed by atoms with E-state index in [4.69, 9.17) is 0 Å². The van der Waals surface area contributed by atoms with Crippen molar-refractivity contribution in [2.24, 2.45) is 13.0 Å². The maximum absolute atomic E-state index is 12.9. The molecule has 0 N–H and O–H groups in total. The van der Waals surface area contributed by atoms with Crippen molar-refractivity contribution in [1.29, 1.82) is 0 Å². The van der Waals surface area contributed by atoms with Gasteiger partial charge in [-0.25, -0.2) is 4.79 Å². The molecule has 0 aliphatic rings. The van der Waals surface area contributed by atoms with Gasteiger partial charge >= 0.3 is 6.03 Å². The molecule has 1 aromatic rings. The topological polar surface area (TPSA) is 48.8 Å². The molecular formula is C18H32N4O2. The quantitative estimate of drug-likeness (QED) is 0.768. The second-order valence-corrected chi connectivity index (χ2v) is 7.18. The zero-order valence-electron chi connectivity index (χ0n) is 16.1. The molecule has 0 bridgehead atoms. The number of aromatic nitrogens is 1. The Hall–Kier alpha value is -1.98. The van der Waals surface area contributed by atoms with Gasteiger partial charge in [0.2, 0.25) is 5.91 Å². The standard InChI is InChI=1S/C18H32N4O2/c1-14(2)11-21(12-16-9-8-10-20(16)7)17(23)13-22(15(3)4)18(24)19(5)6/h8-10,14-15H,11-13H2,1-7H3. The molecule has 0 saturated carbocycles. The summed E-state index contributed by atoms with van der Waals surface area (Å²) in [6, 6.07) is 3.83. The summed E-state index contributed by atoms with van der Waals surface area (Å²) in [4.78, 5) is 30.1. The highest BCUT2D eigenvalue weighted by molar-refractivity contribution is 5.84. The summed E-state index contributed by atoms with van der Waals surface area (Å²) in [5, 5.41) is 0. The van der Waals surface area contributed by atoms with Gasteiger partial charge in [0.15, 0.2) is 0 Å². The monoisotopic (exact) mass is 336 g/mol. The lowest BCUT2D eigenvalue weighted by Crippen LogP contribution is -2.49. The van der Waals surface area contributed by atoms with Gasteiger partial charge in [-0.2, -0.15) is 0 Å². The molecule has 0 aliphatic carbocycles. The minimum atomic E-state index is -0.137. The largest absolute Gasteiger partial charge is 0.353 e. The van der Waals surface area contributed by atoms with Crippen LogP contribution in [-0.2, 0) is 18.4 Å². The van der Waals surface area contributed by atoms with Crippen LogP contribution in [0, 0.1) is 5.92 Å². The van der Waals surface area contributed by atoms with Crippen LogP contribution in [0.1, 0.15) is 33.4 Å². The van der Waals surface area contributed by atoms with Gasteiger partial charge in [-0.1, -0.05) is 13.8 Å². The molecular weight excluding hydrogens is 304 g/mol. The van der Waals surface area contributed by atoms with Gasteiger partial charge in [-0.15, -0.1) is 0 Å². The van der Waals surface area contributed by atoms with Crippen molar-refractivity contribution in [3.8, 4) is 0 Å². The summed E-state index contributed by atoms with van der Waals surface area (Å²) in [6.07, 6.45) is 1.98. The van der Waals surface area contributed by atoms with E-state index in [9.17, 15) is 9.59 Å². The molecule has 1 rings (SSSR count). The third-order valence-corrected chi connectivity index (χ3v) is 3.90. The maximum Gasteiger partial charge on any atom is 0.320 e. The lowest BCUT2D eigenvalue weighted by molar-refractivity contribution is -0.133. The SMILES string of the molecule is CC(C)CN(Cc1cccn1C)C(=O)CN(C(=O)N(C)C)C(C)C. The third kappa shape index (κ3) is 5.58. The fourth-order valence-electron chi connectivity index (χ4n) is 2.53. The van der Waals surface area contributed by atoms with E-state index in [0.29, 0.717) is 19.0 Å². The lowest BCUT2D eigenvalue weighted by atomic mass is 10.2. The number of hydrogen-bond acceptors (Lipinski definition) is 2. The van der Waals surface area contributed by atoms with Crippen LogP contribution in [-0.4, -0.2) is 64.4 Å². The van der Waals surface area contributed by atoms with E-state index in [1.807, 2.05) is 48.7 Å². The molecule has 3 amide bonds. The molecule has 6 nitrogen and oxygen atoms in total. The molecule has 1 heterocycles. The highest BCUT2D eigenvalue weighted by atomic mass is 16.2. The average Bonchev–Trinajstić information content (AvgIpc) is 2.87. The number of nitrogens with zero attached hydrogens (tertiary/aromatic N) is 4. The number of aryl methyl sites for hydroxylation is 1. The van der Waals surface area contributed by atoms with Gasteiger partial charge in [-0.05, 0) is 31.9 Å². The molecule has 0 aromatic carbocycles. The molecule has 0 saturated heterocycles. The van der Waals surface area contributed by atoms with E-state index < -0.39 is 0 Å². The van der Waals surface area contributed by atoms with Crippen molar-refractivity contribution in [3.63, 3.8) is 0 Å². The summed E-state index contributed by atoms with van der Waals surface area (Å²) < 4.78 is 2.02. The van der Waals surface area contributed by atoms with E-state index in [2.05, 4.69) is 13.8 Å². The summed E-state index contributed by atoms with van der Waals surface area (Å²) in [5.74, 6) is 0.347.